The molecule has 0 unspecified atom stereocenters. The van der Waals surface area contributed by atoms with E-state index >= 15 is 0 Å². The molecule has 2 aromatic heterocycles. The van der Waals surface area contributed by atoms with Gasteiger partial charge in [0.25, 0.3) is 5.91 Å². The Kier molecular flexibility index (Phi) is 4.94. The first-order valence-electron chi connectivity index (χ1n) is 7.40. The fourth-order valence-electron chi connectivity index (χ4n) is 2.16. The molecule has 0 radical (unpaired) electrons. The topological polar surface area (TPSA) is 72.7 Å². The summed E-state index contributed by atoms with van der Waals surface area (Å²) in [5.41, 5.74) is -0.0766. The summed E-state index contributed by atoms with van der Waals surface area (Å²) in [5.74, 6) is -6.19. The molecule has 0 saturated carbocycles. The van der Waals surface area contributed by atoms with Gasteiger partial charge >= 0.3 is 5.97 Å². The van der Waals surface area contributed by atoms with Crippen molar-refractivity contribution in [1.29, 1.82) is 0 Å². The summed E-state index contributed by atoms with van der Waals surface area (Å²) in [4.78, 5) is 28.8. The number of thiazole rings is 1. The van der Waals surface area contributed by atoms with Crippen LogP contribution in [-0.4, -0.2) is 27.4 Å². The molecule has 1 aromatic carbocycles. The molecular formula is C16H12F3N3O3S. The Balaban J connectivity index is 1.59. The first-order chi connectivity index (χ1) is 12.3. The summed E-state index contributed by atoms with van der Waals surface area (Å²) >= 11 is 1.40. The van der Waals surface area contributed by atoms with E-state index in [1.54, 1.807) is 16.8 Å². The molecule has 2 heterocycles. The first kappa shape index (κ1) is 17.9. The van der Waals surface area contributed by atoms with E-state index in [2.05, 4.69) is 4.98 Å². The van der Waals surface area contributed by atoms with Crippen LogP contribution in [0.15, 0.2) is 29.9 Å². The van der Waals surface area contributed by atoms with Gasteiger partial charge in [-0.2, -0.15) is 0 Å². The van der Waals surface area contributed by atoms with Crippen LogP contribution >= 0.6 is 11.3 Å². The lowest BCUT2D eigenvalue weighted by Gasteiger charge is -2.13. The van der Waals surface area contributed by atoms with Crippen molar-refractivity contribution < 1.29 is 27.5 Å². The summed E-state index contributed by atoms with van der Waals surface area (Å²) in [5, 5.41) is 3.89. The fraction of sp³-hybridized carbons (Fsp3) is 0.188. The predicted molar refractivity (Wildman–Crippen MR) is 87.3 cm³/mol. The summed E-state index contributed by atoms with van der Waals surface area (Å²) in [6.45, 7) is 1.27. The number of nitrogens with one attached hydrogen (secondary N) is 1. The van der Waals surface area contributed by atoms with Gasteiger partial charge in [0.1, 0.15) is 0 Å². The van der Waals surface area contributed by atoms with Crippen molar-refractivity contribution in [3.05, 3.63) is 53.1 Å². The van der Waals surface area contributed by atoms with Crippen molar-refractivity contribution in [1.82, 2.24) is 9.38 Å². The minimum Gasteiger partial charge on any atom is -0.452 e. The monoisotopic (exact) mass is 383 g/mol. The average Bonchev–Trinajstić information content (AvgIpc) is 3.16. The molecule has 3 rings (SSSR count). The number of hydrogen-bond acceptors (Lipinski definition) is 5. The van der Waals surface area contributed by atoms with Gasteiger partial charge in [-0.25, -0.2) is 18.2 Å². The van der Waals surface area contributed by atoms with E-state index in [9.17, 15) is 22.8 Å². The minimum atomic E-state index is -1.70. The number of carbonyl (C=O) groups excluding carboxylic acids is 2. The van der Waals surface area contributed by atoms with Gasteiger partial charge in [0, 0.05) is 17.8 Å². The van der Waals surface area contributed by atoms with Crippen molar-refractivity contribution >= 4 is 33.9 Å². The Labute approximate surface area is 149 Å². The summed E-state index contributed by atoms with van der Waals surface area (Å²) in [7, 11) is 0. The Morgan fingerprint density at radius 1 is 1.31 bits per heavy atom. The molecule has 10 heteroatoms. The number of rotatable bonds is 5. The molecule has 0 aliphatic heterocycles. The lowest BCUT2D eigenvalue weighted by atomic mass is 10.2. The number of amides is 1. The molecule has 3 aromatic rings. The highest BCUT2D eigenvalue weighted by Gasteiger charge is 2.22. The number of imidazole rings is 1. The van der Waals surface area contributed by atoms with Crippen molar-refractivity contribution in [2.45, 2.75) is 19.4 Å². The van der Waals surface area contributed by atoms with Crippen LogP contribution in [0.3, 0.4) is 0 Å². The Hall–Kier alpha value is -2.88. The van der Waals surface area contributed by atoms with Gasteiger partial charge in [0.05, 0.1) is 17.8 Å². The number of aromatic nitrogens is 2. The van der Waals surface area contributed by atoms with Gasteiger partial charge in [0.2, 0.25) is 0 Å². The van der Waals surface area contributed by atoms with Gasteiger partial charge in [-0.15, -0.1) is 11.3 Å². The third-order valence-corrected chi connectivity index (χ3v) is 4.21. The molecule has 136 valence electrons. The van der Waals surface area contributed by atoms with E-state index in [0.717, 1.165) is 6.07 Å². The second-order valence-electron chi connectivity index (χ2n) is 5.35. The van der Waals surface area contributed by atoms with E-state index in [1.807, 2.05) is 10.7 Å². The lowest BCUT2D eigenvalue weighted by molar-refractivity contribution is -0.152. The van der Waals surface area contributed by atoms with E-state index in [0.29, 0.717) is 16.7 Å². The Morgan fingerprint density at radius 3 is 2.81 bits per heavy atom. The van der Waals surface area contributed by atoms with E-state index in [4.69, 9.17) is 4.74 Å². The maximum atomic E-state index is 13.6. The maximum absolute atomic E-state index is 13.6. The number of esters is 1. The third kappa shape index (κ3) is 3.69. The number of benzene rings is 1. The number of ether oxygens (including phenoxy) is 1. The van der Waals surface area contributed by atoms with Crippen molar-refractivity contribution in [2.75, 3.05) is 5.32 Å². The van der Waals surface area contributed by atoms with Crippen LogP contribution in [0.2, 0.25) is 0 Å². The largest absolute Gasteiger partial charge is 0.452 e. The summed E-state index contributed by atoms with van der Waals surface area (Å²) in [6.07, 6.45) is 2.03. The van der Waals surface area contributed by atoms with Crippen molar-refractivity contribution in [3.8, 4) is 0 Å². The normalized spacial score (nSPS) is 12.2. The van der Waals surface area contributed by atoms with Crippen molar-refractivity contribution in [3.63, 3.8) is 0 Å². The van der Waals surface area contributed by atoms with Crippen LogP contribution in [0.25, 0.3) is 4.96 Å². The summed E-state index contributed by atoms with van der Waals surface area (Å²) < 4.78 is 46.3. The quantitative estimate of drug-likeness (QED) is 0.543. The van der Waals surface area contributed by atoms with Crippen LogP contribution < -0.4 is 5.32 Å². The number of hydrogen-bond donors (Lipinski definition) is 1. The van der Waals surface area contributed by atoms with Crippen LogP contribution in [0.1, 0.15) is 12.6 Å². The molecule has 0 aliphatic rings. The molecule has 26 heavy (non-hydrogen) atoms. The SMILES string of the molecule is C[C@@H](OC(=O)Cc1cn2ccsc2n1)C(=O)Nc1ccc(F)c(F)c1F. The number of anilines is 1. The van der Waals surface area contributed by atoms with Gasteiger partial charge in [-0.3, -0.25) is 14.0 Å². The van der Waals surface area contributed by atoms with Crippen LogP contribution in [0.4, 0.5) is 18.9 Å². The second kappa shape index (κ2) is 7.16. The zero-order valence-corrected chi connectivity index (χ0v) is 14.1. The molecule has 0 aliphatic carbocycles. The lowest BCUT2D eigenvalue weighted by Crippen LogP contribution is -2.31. The second-order valence-corrected chi connectivity index (χ2v) is 6.22. The minimum absolute atomic E-state index is 0.147. The molecule has 6 nitrogen and oxygen atoms in total. The smallest absolute Gasteiger partial charge is 0.312 e. The fourth-order valence-corrected chi connectivity index (χ4v) is 2.88. The Bertz CT molecular complexity index is 957. The number of fused-ring (bicyclic) bond motifs is 1. The predicted octanol–water partition coefficient (Wildman–Crippen LogP) is 2.93. The molecule has 1 N–H and O–H groups in total. The first-order valence-corrected chi connectivity index (χ1v) is 8.28. The zero-order chi connectivity index (χ0) is 18.8. The highest BCUT2D eigenvalue weighted by molar-refractivity contribution is 7.15. The highest BCUT2D eigenvalue weighted by atomic mass is 32.1. The van der Waals surface area contributed by atoms with Gasteiger partial charge in [-0.05, 0) is 19.1 Å². The van der Waals surface area contributed by atoms with E-state index < -0.39 is 41.1 Å². The maximum Gasteiger partial charge on any atom is 0.312 e. The van der Waals surface area contributed by atoms with Gasteiger partial charge in [0.15, 0.2) is 28.5 Å². The molecule has 0 saturated heterocycles. The summed E-state index contributed by atoms with van der Waals surface area (Å²) in [6, 6.07) is 1.55. The standard InChI is InChI=1S/C16H12F3N3O3S/c1-8(15(24)21-11-3-2-10(17)13(18)14(11)19)25-12(23)6-9-7-22-4-5-26-16(22)20-9/h2-5,7-8H,6H2,1H3,(H,21,24)/t8-/m1/s1. The molecule has 1 atom stereocenters. The zero-order valence-electron chi connectivity index (χ0n) is 13.3. The van der Waals surface area contributed by atoms with E-state index in [1.165, 1.54) is 18.3 Å². The number of halogens is 3. The van der Waals surface area contributed by atoms with E-state index in [-0.39, 0.29) is 6.42 Å². The Morgan fingerprint density at radius 2 is 2.08 bits per heavy atom. The van der Waals surface area contributed by atoms with Crippen LogP contribution in [-0.2, 0) is 20.7 Å². The van der Waals surface area contributed by atoms with Crippen molar-refractivity contribution in [2.24, 2.45) is 0 Å². The van der Waals surface area contributed by atoms with Crippen LogP contribution in [0.5, 0.6) is 0 Å². The average molecular weight is 383 g/mol. The van der Waals surface area contributed by atoms with Gasteiger partial charge in [-0.1, -0.05) is 0 Å². The number of nitrogens with zero attached hydrogens (tertiary/aromatic N) is 2. The molecular weight excluding hydrogens is 371 g/mol. The van der Waals surface area contributed by atoms with Gasteiger partial charge < -0.3 is 10.1 Å². The molecule has 0 fully saturated rings. The third-order valence-electron chi connectivity index (χ3n) is 3.44. The highest BCUT2D eigenvalue weighted by Crippen LogP contribution is 2.20. The molecule has 1 amide bonds. The number of carbonyl (C=O) groups is 2. The molecule has 0 spiro atoms. The molecule has 0 bridgehead atoms. The van der Waals surface area contributed by atoms with Crippen LogP contribution in [0, 0.1) is 17.5 Å².